The number of carboxylic acids is 1. The van der Waals surface area contributed by atoms with Gasteiger partial charge in [0.2, 0.25) is 0 Å². The normalized spacial score (nSPS) is 17.3. The molecular formula is C16H17FN2O3. The van der Waals surface area contributed by atoms with Crippen molar-refractivity contribution in [1.82, 2.24) is 10.3 Å². The molecule has 1 heterocycles. The number of hydrogen-bond donors (Lipinski definition) is 3. The zero-order valence-electron chi connectivity index (χ0n) is 12.0. The van der Waals surface area contributed by atoms with Gasteiger partial charge in [-0.1, -0.05) is 25.3 Å². The third kappa shape index (κ3) is 2.45. The number of nitrogens with one attached hydrogen (secondary N) is 2. The Bertz CT molecular complexity index is 732. The Morgan fingerprint density at radius 1 is 1.23 bits per heavy atom. The molecule has 0 spiro atoms. The molecule has 0 unspecified atom stereocenters. The maximum atomic E-state index is 13.7. The van der Waals surface area contributed by atoms with E-state index in [1.165, 1.54) is 12.1 Å². The Morgan fingerprint density at radius 2 is 1.95 bits per heavy atom. The van der Waals surface area contributed by atoms with Crippen LogP contribution < -0.4 is 5.32 Å². The Labute approximate surface area is 126 Å². The number of halogens is 1. The lowest BCUT2D eigenvalue weighted by molar-refractivity contribution is -0.145. The third-order valence-corrected chi connectivity index (χ3v) is 4.32. The SMILES string of the molecule is O=C(NC1(C(=O)O)CCCCC1)c1cc2c(F)cccc2[nH]1. The number of H-pyrrole nitrogens is 1. The van der Waals surface area contributed by atoms with E-state index in [-0.39, 0.29) is 5.69 Å². The number of carboxylic acid groups (broad SMARTS) is 1. The fourth-order valence-corrected chi connectivity index (χ4v) is 3.07. The van der Waals surface area contributed by atoms with E-state index < -0.39 is 23.2 Å². The second-order valence-corrected chi connectivity index (χ2v) is 5.79. The molecule has 1 amide bonds. The van der Waals surface area contributed by atoms with Gasteiger partial charge >= 0.3 is 5.97 Å². The number of amides is 1. The van der Waals surface area contributed by atoms with E-state index in [2.05, 4.69) is 10.3 Å². The first kappa shape index (κ1) is 14.6. The molecule has 22 heavy (non-hydrogen) atoms. The number of aromatic nitrogens is 1. The third-order valence-electron chi connectivity index (χ3n) is 4.32. The van der Waals surface area contributed by atoms with Crippen LogP contribution in [0, 0.1) is 5.82 Å². The molecule has 6 heteroatoms. The highest BCUT2D eigenvalue weighted by Gasteiger charge is 2.41. The molecule has 1 aromatic carbocycles. The minimum Gasteiger partial charge on any atom is -0.480 e. The quantitative estimate of drug-likeness (QED) is 0.815. The summed E-state index contributed by atoms with van der Waals surface area (Å²) in [6.45, 7) is 0. The van der Waals surface area contributed by atoms with Crippen LogP contribution >= 0.6 is 0 Å². The maximum Gasteiger partial charge on any atom is 0.329 e. The summed E-state index contributed by atoms with van der Waals surface area (Å²) in [5, 5.41) is 12.4. The van der Waals surface area contributed by atoms with Crippen molar-refractivity contribution in [3.05, 3.63) is 35.8 Å². The standard InChI is InChI=1S/C16H17FN2O3/c17-11-5-4-6-12-10(11)9-13(18-12)14(20)19-16(15(21)22)7-2-1-3-8-16/h4-6,9,18H,1-3,7-8H2,(H,19,20)(H,21,22). The molecule has 5 nitrogen and oxygen atoms in total. The first-order chi connectivity index (χ1) is 10.5. The van der Waals surface area contributed by atoms with Crippen molar-refractivity contribution in [2.24, 2.45) is 0 Å². The number of aliphatic carboxylic acids is 1. The molecule has 116 valence electrons. The van der Waals surface area contributed by atoms with Gasteiger partial charge in [0.15, 0.2) is 0 Å². The number of carbonyl (C=O) groups excluding carboxylic acids is 1. The van der Waals surface area contributed by atoms with Crippen LogP contribution in [-0.2, 0) is 4.79 Å². The Morgan fingerprint density at radius 3 is 2.59 bits per heavy atom. The van der Waals surface area contributed by atoms with Crippen molar-refractivity contribution < 1.29 is 19.1 Å². The second-order valence-electron chi connectivity index (χ2n) is 5.79. The summed E-state index contributed by atoms with van der Waals surface area (Å²) in [6, 6.07) is 5.95. The van der Waals surface area contributed by atoms with Crippen molar-refractivity contribution in [3.63, 3.8) is 0 Å². The predicted molar refractivity (Wildman–Crippen MR) is 79.2 cm³/mol. The number of aromatic amines is 1. The summed E-state index contributed by atoms with van der Waals surface area (Å²) in [4.78, 5) is 26.8. The zero-order chi connectivity index (χ0) is 15.7. The average molecular weight is 304 g/mol. The van der Waals surface area contributed by atoms with E-state index in [1.54, 1.807) is 12.1 Å². The highest BCUT2D eigenvalue weighted by Crippen LogP contribution is 2.29. The lowest BCUT2D eigenvalue weighted by Gasteiger charge is -2.33. The molecule has 1 aromatic heterocycles. The van der Waals surface area contributed by atoms with E-state index in [1.807, 2.05) is 0 Å². The first-order valence-electron chi connectivity index (χ1n) is 7.35. The van der Waals surface area contributed by atoms with Crippen LogP contribution in [0.5, 0.6) is 0 Å². The molecule has 3 rings (SSSR count). The predicted octanol–water partition coefficient (Wildman–Crippen LogP) is 2.82. The van der Waals surface area contributed by atoms with Gasteiger partial charge in [0, 0.05) is 10.9 Å². The smallest absolute Gasteiger partial charge is 0.329 e. The summed E-state index contributed by atoms with van der Waals surface area (Å²) in [7, 11) is 0. The fraction of sp³-hybridized carbons (Fsp3) is 0.375. The van der Waals surface area contributed by atoms with Crippen molar-refractivity contribution in [1.29, 1.82) is 0 Å². The summed E-state index contributed by atoms with van der Waals surface area (Å²) >= 11 is 0. The molecule has 1 aliphatic rings. The summed E-state index contributed by atoms with van der Waals surface area (Å²) in [5.74, 6) is -1.94. The molecule has 0 atom stereocenters. The van der Waals surface area contributed by atoms with Gasteiger partial charge in [0.25, 0.3) is 5.91 Å². The van der Waals surface area contributed by atoms with Gasteiger partial charge in [-0.05, 0) is 31.0 Å². The minimum absolute atomic E-state index is 0.172. The van der Waals surface area contributed by atoms with Crippen LogP contribution in [0.4, 0.5) is 4.39 Å². The van der Waals surface area contributed by atoms with Gasteiger partial charge in [-0.15, -0.1) is 0 Å². The van der Waals surface area contributed by atoms with Crippen molar-refractivity contribution in [3.8, 4) is 0 Å². The van der Waals surface area contributed by atoms with E-state index >= 15 is 0 Å². The molecule has 2 aromatic rings. The van der Waals surface area contributed by atoms with Crippen LogP contribution in [-0.4, -0.2) is 27.5 Å². The maximum absolute atomic E-state index is 13.7. The topological polar surface area (TPSA) is 82.2 Å². The molecule has 0 bridgehead atoms. The van der Waals surface area contributed by atoms with Gasteiger partial charge in [-0.2, -0.15) is 0 Å². The van der Waals surface area contributed by atoms with Gasteiger partial charge < -0.3 is 15.4 Å². The summed E-state index contributed by atoms with van der Waals surface area (Å²) in [6.07, 6.45) is 3.36. The number of carbonyl (C=O) groups is 2. The Kier molecular flexibility index (Phi) is 3.60. The van der Waals surface area contributed by atoms with Gasteiger partial charge in [0.05, 0.1) is 0 Å². The van der Waals surface area contributed by atoms with E-state index in [9.17, 15) is 19.1 Å². The zero-order valence-corrected chi connectivity index (χ0v) is 12.0. The van der Waals surface area contributed by atoms with Crippen LogP contribution in [0.3, 0.4) is 0 Å². The monoisotopic (exact) mass is 304 g/mol. The van der Waals surface area contributed by atoms with E-state index in [0.717, 1.165) is 19.3 Å². The number of benzene rings is 1. The Hall–Kier alpha value is -2.37. The number of fused-ring (bicyclic) bond motifs is 1. The van der Waals surface area contributed by atoms with Crippen LogP contribution in [0.2, 0.25) is 0 Å². The Balaban J connectivity index is 1.88. The highest BCUT2D eigenvalue weighted by atomic mass is 19.1. The van der Waals surface area contributed by atoms with Crippen molar-refractivity contribution >= 4 is 22.8 Å². The minimum atomic E-state index is -1.22. The lowest BCUT2D eigenvalue weighted by Crippen LogP contribution is -2.55. The molecule has 1 aliphatic carbocycles. The van der Waals surface area contributed by atoms with E-state index in [0.29, 0.717) is 23.7 Å². The molecule has 1 saturated carbocycles. The number of rotatable bonds is 3. The molecule has 3 N–H and O–H groups in total. The second kappa shape index (κ2) is 5.44. The lowest BCUT2D eigenvalue weighted by atomic mass is 9.81. The summed E-state index contributed by atoms with van der Waals surface area (Å²) < 4.78 is 13.7. The fourth-order valence-electron chi connectivity index (χ4n) is 3.07. The van der Waals surface area contributed by atoms with Gasteiger partial charge in [0.1, 0.15) is 17.1 Å². The average Bonchev–Trinajstić information content (AvgIpc) is 2.94. The molecule has 1 fully saturated rings. The molecular weight excluding hydrogens is 287 g/mol. The van der Waals surface area contributed by atoms with Crippen LogP contribution in [0.25, 0.3) is 10.9 Å². The van der Waals surface area contributed by atoms with E-state index in [4.69, 9.17) is 0 Å². The molecule has 0 saturated heterocycles. The number of hydrogen-bond acceptors (Lipinski definition) is 2. The largest absolute Gasteiger partial charge is 0.480 e. The van der Waals surface area contributed by atoms with Crippen molar-refractivity contribution in [2.45, 2.75) is 37.6 Å². The van der Waals surface area contributed by atoms with Crippen molar-refractivity contribution in [2.75, 3.05) is 0 Å². The first-order valence-corrected chi connectivity index (χ1v) is 7.35. The van der Waals surface area contributed by atoms with Gasteiger partial charge in [-0.25, -0.2) is 9.18 Å². The van der Waals surface area contributed by atoms with Crippen LogP contribution in [0.15, 0.2) is 24.3 Å². The molecule has 0 aliphatic heterocycles. The van der Waals surface area contributed by atoms with Gasteiger partial charge in [-0.3, -0.25) is 4.79 Å². The summed E-state index contributed by atoms with van der Waals surface area (Å²) in [5.41, 5.74) is -0.532. The highest BCUT2D eigenvalue weighted by molar-refractivity contribution is 6.00. The van der Waals surface area contributed by atoms with Crippen LogP contribution in [0.1, 0.15) is 42.6 Å². The molecule has 0 radical (unpaired) electrons.